The second kappa shape index (κ2) is 5.68. The minimum atomic E-state index is 0.194. The summed E-state index contributed by atoms with van der Waals surface area (Å²) in [5.41, 5.74) is 0.194. The van der Waals surface area contributed by atoms with Crippen LogP contribution in [-0.2, 0) is 4.74 Å². The fourth-order valence-corrected chi connectivity index (χ4v) is 3.08. The topological polar surface area (TPSA) is 24.5 Å². The number of rotatable bonds is 3. The molecule has 2 rings (SSSR count). The van der Waals surface area contributed by atoms with Gasteiger partial charge < -0.3 is 15.0 Å². The second-order valence-corrected chi connectivity index (χ2v) is 6.06. The molecule has 3 heteroatoms. The molecule has 17 heavy (non-hydrogen) atoms. The highest BCUT2D eigenvalue weighted by Crippen LogP contribution is 2.35. The Morgan fingerprint density at radius 3 is 2.18 bits per heavy atom. The van der Waals surface area contributed by atoms with E-state index in [1.165, 1.54) is 45.2 Å². The van der Waals surface area contributed by atoms with Crippen LogP contribution in [0, 0.1) is 0 Å². The zero-order chi connectivity index (χ0) is 12.3. The third kappa shape index (κ3) is 3.43. The van der Waals surface area contributed by atoms with Crippen molar-refractivity contribution in [1.82, 2.24) is 10.2 Å². The van der Waals surface area contributed by atoms with Crippen molar-refractivity contribution in [2.45, 2.75) is 63.6 Å². The highest BCUT2D eigenvalue weighted by atomic mass is 16.5. The first kappa shape index (κ1) is 13.3. The molecule has 3 nitrogen and oxygen atoms in total. The molecular weight excluding hydrogens is 212 g/mol. The van der Waals surface area contributed by atoms with Gasteiger partial charge >= 0.3 is 0 Å². The van der Waals surface area contributed by atoms with Crippen molar-refractivity contribution >= 4 is 0 Å². The van der Waals surface area contributed by atoms with E-state index in [2.05, 4.69) is 24.1 Å². The standard InChI is InChI=1S/C14H28N2O/c1-12-5-9-16(10-6-13(2)15-12)11-14(17-3)7-4-8-14/h12-13,15H,4-11H2,1-3H3. The van der Waals surface area contributed by atoms with Gasteiger partial charge in [-0.3, -0.25) is 0 Å². The van der Waals surface area contributed by atoms with Crippen LogP contribution in [-0.4, -0.2) is 49.3 Å². The lowest BCUT2D eigenvalue weighted by molar-refractivity contribution is -0.0925. The first-order valence-corrected chi connectivity index (χ1v) is 7.17. The number of methoxy groups -OCH3 is 1. The first-order valence-electron chi connectivity index (χ1n) is 7.17. The second-order valence-electron chi connectivity index (χ2n) is 6.06. The van der Waals surface area contributed by atoms with Crippen LogP contribution in [0.5, 0.6) is 0 Å². The minimum Gasteiger partial charge on any atom is -0.377 e. The van der Waals surface area contributed by atoms with E-state index in [9.17, 15) is 0 Å². The molecule has 2 aliphatic rings. The van der Waals surface area contributed by atoms with E-state index in [4.69, 9.17) is 4.74 Å². The predicted octanol–water partition coefficient (Wildman–Crippen LogP) is 2.02. The van der Waals surface area contributed by atoms with Crippen LogP contribution in [0.2, 0.25) is 0 Å². The molecule has 0 spiro atoms. The number of nitrogens with zero attached hydrogens (tertiary/aromatic N) is 1. The zero-order valence-corrected chi connectivity index (χ0v) is 11.7. The van der Waals surface area contributed by atoms with Gasteiger partial charge in [-0.1, -0.05) is 0 Å². The minimum absolute atomic E-state index is 0.194. The highest BCUT2D eigenvalue weighted by Gasteiger charge is 2.38. The molecule has 1 aliphatic carbocycles. The third-order valence-electron chi connectivity index (χ3n) is 4.54. The number of nitrogens with one attached hydrogen (secondary N) is 1. The number of hydrogen-bond donors (Lipinski definition) is 1. The molecule has 1 heterocycles. The van der Waals surface area contributed by atoms with Crippen molar-refractivity contribution in [3.05, 3.63) is 0 Å². The Morgan fingerprint density at radius 2 is 1.76 bits per heavy atom. The maximum atomic E-state index is 5.74. The molecule has 0 bridgehead atoms. The molecule has 0 aromatic carbocycles. The first-order chi connectivity index (χ1) is 8.13. The number of ether oxygens (including phenoxy) is 1. The summed E-state index contributed by atoms with van der Waals surface area (Å²) in [6.45, 7) is 8.17. The summed E-state index contributed by atoms with van der Waals surface area (Å²) in [5, 5.41) is 3.65. The Labute approximate surface area is 106 Å². The van der Waals surface area contributed by atoms with Gasteiger partial charge in [0.2, 0.25) is 0 Å². The molecule has 1 aliphatic heterocycles. The normalized spacial score (nSPS) is 34.8. The van der Waals surface area contributed by atoms with E-state index >= 15 is 0 Å². The molecule has 0 aromatic heterocycles. The van der Waals surface area contributed by atoms with Crippen molar-refractivity contribution in [3.63, 3.8) is 0 Å². The zero-order valence-electron chi connectivity index (χ0n) is 11.7. The third-order valence-corrected chi connectivity index (χ3v) is 4.54. The van der Waals surface area contributed by atoms with E-state index in [1.54, 1.807) is 0 Å². The largest absolute Gasteiger partial charge is 0.377 e. The molecule has 100 valence electrons. The molecule has 2 fully saturated rings. The van der Waals surface area contributed by atoms with Crippen molar-refractivity contribution < 1.29 is 4.74 Å². The Morgan fingerprint density at radius 1 is 1.18 bits per heavy atom. The monoisotopic (exact) mass is 240 g/mol. The van der Waals surface area contributed by atoms with Gasteiger partial charge in [-0.05, 0) is 59.0 Å². The Balaban J connectivity index is 1.86. The Bertz CT molecular complexity index is 223. The van der Waals surface area contributed by atoms with Crippen molar-refractivity contribution in [3.8, 4) is 0 Å². The summed E-state index contributed by atoms with van der Waals surface area (Å²) in [4.78, 5) is 2.62. The molecule has 2 unspecified atom stereocenters. The van der Waals surface area contributed by atoms with E-state index in [-0.39, 0.29) is 5.60 Å². The van der Waals surface area contributed by atoms with Crippen LogP contribution in [0.15, 0.2) is 0 Å². The van der Waals surface area contributed by atoms with Gasteiger partial charge in [-0.15, -0.1) is 0 Å². The Kier molecular flexibility index (Phi) is 4.45. The molecule has 1 N–H and O–H groups in total. The summed E-state index contributed by atoms with van der Waals surface area (Å²) in [7, 11) is 1.88. The van der Waals surface area contributed by atoms with Crippen LogP contribution in [0.3, 0.4) is 0 Å². The van der Waals surface area contributed by atoms with E-state index < -0.39 is 0 Å². The fourth-order valence-electron chi connectivity index (χ4n) is 3.08. The maximum Gasteiger partial charge on any atom is 0.0805 e. The average Bonchev–Trinajstić information content (AvgIpc) is 2.24. The van der Waals surface area contributed by atoms with Gasteiger partial charge in [0.25, 0.3) is 0 Å². The van der Waals surface area contributed by atoms with E-state index in [0.29, 0.717) is 12.1 Å². The van der Waals surface area contributed by atoms with E-state index in [1.807, 2.05) is 7.11 Å². The van der Waals surface area contributed by atoms with Crippen molar-refractivity contribution in [2.24, 2.45) is 0 Å². The molecule has 0 amide bonds. The van der Waals surface area contributed by atoms with Gasteiger partial charge in [0.1, 0.15) is 0 Å². The summed E-state index contributed by atoms with van der Waals surface area (Å²) < 4.78 is 5.74. The van der Waals surface area contributed by atoms with E-state index in [0.717, 1.165) is 6.54 Å². The predicted molar refractivity (Wildman–Crippen MR) is 71.3 cm³/mol. The summed E-state index contributed by atoms with van der Waals surface area (Å²) in [5.74, 6) is 0. The van der Waals surface area contributed by atoms with Gasteiger partial charge in [-0.2, -0.15) is 0 Å². The quantitative estimate of drug-likeness (QED) is 0.817. The van der Waals surface area contributed by atoms with Gasteiger partial charge in [0, 0.05) is 25.7 Å². The van der Waals surface area contributed by atoms with Crippen LogP contribution in [0.25, 0.3) is 0 Å². The lowest BCUT2D eigenvalue weighted by Gasteiger charge is -2.44. The summed E-state index contributed by atoms with van der Waals surface area (Å²) in [6.07, 6.45) is 6.36. The van der Waals surface area contributed by atoms with Crippen LogP contribution >= 0.6 is 0 Å². The highest BCUT2D eigenvalue weighted by molar-refractivity contribution is 4.93. The Hall–Kier alpha value is -0.120. The SMILES string of the molecule is COC1(CN2CCC(C)NC(C)CC2)CCC1. The summed E-state index contributed by atoms with van der Waals surface area (Å²) >= 11 is 0. The smallest absolute Gasteiger partial charge is 0.0805 e. The lowest BCUT2D eigenvalue weighted by Crippen LogP contribution is -2.52. The van der Waals surface area contributed by atoms with Crippen molar-refractivity contribution in [1.29, 1.82) is 0 Å². The average molecular weight is 240 g/mol. The van der Waals surface area contributed by atoms with Gasteiger partial charge in [0.05, 0.1) is 5.60 Å². The van der Waals surface area contributed by atoms with Gasteiger partial charge in [0.15, 0.2) is 0 Å². The van der Waals surface area contributed by atoms with Gasteiger partial charge in [-0.25, -0.2) is 0 Å². The molecule has 1 saturated heterocycles. The maximum absolute atomic E-state index is 5.74. The van der Waals surface area contributed by atoms with Crippen molar-refractivity contribution in [2.75, 3.05) is 26.7 Å². The van der Waals surface area contributed by atoms with Crippen LogP contribution in [0.4, 0.5) is 0 Å². The number of hydrogen-bond acceptors (Lipinski definition) is 3. The molecular formula is C14H28N2O. The molecule has 1 saturated carbocycles. The summed E-state index contributed by atoms with van der Waals surface area (Å²) in [6, 6.07) is 1.29. The van der Waals surface area contributed by atoms with Crippen LogP contribution in [0.1, 0.15) is 46.0 Å². The lowest BCUT2D eigenvalue weighted by atomic mass is 9.79. The molecule has 2 atom stereocenters. The van der Waals surface area contributed by atoms with Crippen LogP contribution < -0.4 is 5.32 Å². The molecule has 0 radical (unpaired) electrons. The molecule has 0 aromatic rings. The fraction of sp³-hybridized carbons (Fsp3) is 1.00.